The SMILES string of the molecule is CC(C)C[C@H](C=O)NC(=O)[C@H](N)CCC(=O)O. The van der Waals surface area contributed by atoms with Crippen LogP contribution in [-0.4, -0.2) is 35.4 Å². The molecule has 0 heterocycles. The molecule has 0 unspecified atom stereocenters. The highest BCUT2D eigenvalue weighted by atomic mass is 16.4. The normalized spacial score (nSPS) is 14.1. The number of hydrogen-bond acceptors (Lipinski definition) is 4. The topological polar surface area (TPSA) is 109 Å². The Morgan fingerprint density at radius 2 is 2.00 bits per heavy atom. The molecule has 0 aliphatic heterocycles. The summed E-state index contributed by atoms with van der Waals surface area (Å²) in [4.78, 5) is 32.5. The Morgan fingerprint density at radius 1 is 1.41 bits per heavy atom. The maximum absolute atomic E-state index is 11.5. The minimum absolute atomic E-state index is 0.0639. The van der Waals surface area contributed by atoms with Gasteiger partial charge in [0, 0.05) is 6.42 Å². The van der Waals surface area contributed by atoms with Gasteiger partial charge in [-0.2, -0.15) is 0 Å². The highest BCUT2D eigenvalue weighted by Gasteiger charge is 2.19. The number of carbonyl (C=O) groups is 3. The van der Waals surface area contributed by atoms with Crippen molar-refractivity contribution in [3.63, 3.8) is 0 Å². The van der Waals surface area contributed by atoms with E-state index in [1.807, 2.05) is 13.8 Å². The molecule has 0 aliphatic rings. The maximum Gasteiger partial charge on any atom is 0.303 e. The van der Waals surface area contributed by atoms with Gasteiger partial charge in [0.2, 0.25) is 5.91 Å². The van der Waals surface area contributed by atoms with Crippen molar-refractivity contribution >= 4 is 18.2 Å². The van der Waals surface area contributed by atoms with Gasteiger partial charge >= 0.3 is 5.97 Å². The Bertz CT molecular complexity index is 279. The first-order valence-corrected chi connectivity index (χ1v) is 5.59. The first kappa shape index (κ1) is 15.6. The number of carbonyl (C=O) groups excluding carboxylic acids is 2. The van der Waals surface area contributed by atoms with Gasteiger partial charge in [-0.3, -0.25) is 9.59 Å². The average molecular weight is 244 g/mol. The van der Waals surface area contributed by atoms with Gasteiger partial charge in [-0.25, -0.2) is 0 Å². The molecule has 0 aliphatic carbocycles. The van der Waals surface area contributed by atoms with Crippen LogP contribution < -0.4 is 11.1 Å². The smallest absolute Gasteiger partial charge is 0.303 e. The van der Waals surface area contributed by atoms with Crippen molar-refractivity contribution < 1.29 is 19.5 Å². The Balaban J connectivity index is 4.12. The van der Waals surface area contributed by atoms with Gasteiger partial charge in [0.15, 0.2) is 0 Å². The zero-order valence-corrected chi connectivity index (χ0v) is 10.2. The highest BCUT2D eigenvalue weighted by Crippen LogP contribution is 2.03. The van der Waals surface area contributed by atoms with Gasteiger partial charge in [0.05, 0.1) is 12.1 Å². The van der Waals surface area contributed by atoms with E-state index >= 15 is 0 Å². The average Bonchev–Trinajstić information content (AvgIpc) is 2.23. The Labute approximate surface area is 101 Å². The fourth-order valence-corrected chi connectivity index (χ4v) is 1.36. The summed E-state index contributed by atoms with van der Waals surface area (Å²) in [6.07, 6.45) is 1.11. The molecule has 0 saturated carbocycles. The number of nitrogens with two attached hydrogens (primary N) is 1. The third-order valence-corrected chi connectivity index (χ3v) is 2.22. The van der Waals surface area contributed by atoms with Crippen molar-refractivity contribution in [3.05, 3.63) is 0 Å². The van der Waals surface area contributed by atoms with Crippen LogP contribution in [0.2, 0.25) is 0 Å². The van der Waals surface area contributed by atoms with Crippen LogP contribution in [0.5, 0.6) is 0 Å². The van der Waals surface area contributed by atoms with Crippen LogP contribution >= 0.6 is 0 Å². The minimum atomic E-state index is -0.998. The molecule has 0 fully saturated rings. The quantitative estimate of drug-likeness (QED) is 0.517. The van der Waals surface area contributed by atoms with Crippen LogP contribution in [0.15, 0.2) is 0 Å². The summed E-state index contributed by atoms with van der Waals surface area (Å²) in [5, 5.41) is 10.9. The molecule has 98 valence electrons. The van der Waals surface area contributed by atoms with Crippen molar-refractivity contribution in [3.8, 4) is 0 Å². The van der Waals surface area contributed by atoms with Gasteiger partial charge in [-0.15, -0.1) is 0 Å². The lowest BCUT2D eigenvalue weighted by molar-refractivity contribution is -0.137. The molecule has 17 heavy (non-hydrogen) atoms. The molecule has 4 N–H and O–H groups in total. The van der Waals surface area contributed by atoms with E-state index < -0.39 is 24.0 Å². The van der Waals surface area contributed by atoms with Crippen molar-refractivity contribution in [2.45, 2.75) is 45.2 Å². The lowest BCUT2D eigenvalue weighted by Crippen LogP contribution is -2.46. The molecule has 0 spiro atoms. The summed E-state index contributed by atoms with van der Waals surface area (Å²) in [5.41, 5.74) is 5.51. The molecule has 0 aromatic rings. The molecule has 0 saturated heterocycles. The van der Waals surface area contributed by atoms with Crippen molar-refractivity contribution in [1.82, 2.24) is 5.32 Å². The highest BCUT2D eigenvalue weighted by molar-refractivity contribution is 5.84. The van der Waals surface area contributed by atoms with Crippen LogP contribution in [0.25, 0.3) is 0 Å². The van der Waals surface area contributed by atoms with Crippen molar-refractivity contribution in [2.75, 3.05) is 0 Å². The summed E-state index contributed by atoms with van der Waals surface area (Å²) in [6, 6.07) is -1.45. The molecule has 0 rings (SSSR count). The van der Waals surface area contributed by atoms with E-state index in [2.05, 4.69) is 5.32 Å². The molecule has 1 amide bonds. The summed E-state index contributed by atoms with van der Waals surface area (Å²) in [7, 11) is 0. The third-order valence-electron chi connectivity index (χ3n) is 2.22. The van der Waals surface area contributed by atoms with Crippen LogP contribution in [0, 0.1) is 5.92 Å². The molecule has 0 aromatic heterocycles. The van der Waals surface area contributed by atoms with Crippen molar-refractivity contribution in [2.24, 2.45) is 11.7 Å². The van der Waals surface area contributed by atoms with Gasteiger partial charge in [0.25, 0.3) is 0 Å². The second kappa shape index (κ2) is 7.78. The summed E-state index contributed by atoms with van der Waals surface area (Å²) >= 11 is 0. The Kier molecular flexibility index (Phi) is 7.13. The third kappa shape index (κ3) is 7.46. The number of aliphatic carboxylic acids is 1. The summed E-state index contributed by atoms with van der Waals surface area (Å²) in [6.45, 7) is 3.88. The van der Waals surface area contributed by atoms with E-state index in [4.69, 9.17) is 10.8 Å². The zero-order chi connectivity index (χ0) is 13.4. The molecule has 0 bridgehead atoms. The van der Waals surface area contributed by atoms with Gasteiger partial charge in [-0.1, -0.05) is 13.8 Å². The van der Waals surface area contributed by atoms with Gasteiger partial charge < -0.3 is 21.0 Å². The van der Waals surface area contributed by atoms with Crippen LogP contribution in [0.4, 0.5) is 0 Å². The van der Waals surface area contributed by atoms with Gasteiger partial charge in [0.1, 0.15) is 6.29 Å². The first-order valence-electron chi connectivity index (χ1n) is 5.59. The fraction of sp³-hybridized carbons (Fsp3) is 0.727. The molecular weight excluding hydrogens is 224 g/mol. The van der Waals surface area contributed by atoms with E-state index in [0.29, 0.717) is 12.7 Å². The number of aldehydes is 1. The van der Waals surface area contributed by atoms with Gasteiger partial charge in [-0.05, 0) is 18.8 Å². The van der Waals surface area contributed by atoms with Crippen LogP contribution in [0.1, 0.15) is 33.1 Å². The lowest BCUT2D eigenvalue weighted by atomic mass is 10.0. The number of rotatable bonds is 8. The summed E-state index contributed by atoms with van der Waals surface area (Å²) in [5.74, 6) is -1.20. The molecule has 0 radical (unpaired) electrons. The fourth-order valence-electron chi connectivity index (χ4n) is 1.36. The maximum atomic E-state index is 11.5. The van der Waals surface area contributed by atoms with E-state index in [1.54, 1.807) is 0 Å². The molecule has 6 heteroatoms. The monoisotopic (exact) mass is 244 g/mol. The summed E-state index contributed by atoms with van der Waals surface area (Å²) < 4.78 is 0. The number of carboxylic acids is 1. The largest absolute Gasteiger partial charge is 0.481 e. The van der Waals surface area contributed by atoms with E-state index in [1.165, 1.54) is 0 Å². The lowest BCUT2D eigenvalue weighted by Gasteiger charge is -2.17. The number of amides is 1. The second-order valence-corrected chi connectivity index (χ2v) is 4.42. The van der Waals surface area contributed by atoms with Crippen molar-refractivity contribution in [1.29, 1.82) is 0 Å². The minimum Gasteiger partial charge on any atom is -0.481 e. The van der Waals surface area contributed by atoms with E-state index in [9.17, 15) is 14.4 Å². The first-order chi connectivity index (χ1) is 7.86. The van der Waals surface area contributed by atoms with Crippen LogP contribution in [0.3, 0.4) is 0 Å². The predicted molar refractivity (Wildman–Crippen MR) is 62.3 cm³/mol. The number of carboxylic acid groups (broad SMARTS) is 1. The van der Waals surface area contributed by atoms with Crippen LogP contribution in [-0.2, 0) is 14.4 Å². The standard InChI is InChI=1S/C11H20N2O4/c1-7(2)5-8(6-14)13-11(17)9(12)3-4-10(15)16/h6-9H,3-5,12H2,1-2H3,(H,13,17)(H,15,16)/t8-,9-/m1/s1. The Hall–Kier alpha value is -1.43. The molecule has 2 atom stereocenters. The van der Waals surface area contributed by atoms with E-state index in [0.717, 1.165) is 0 Å². The number of nitrogens with one attached hydrogen (secondary N) is 1. The molecular formula is C11H20N2O4. The van der Waals surface area contributed by atoms with E-state index in [-0.39, 0.29) is 18.8 Å². The molecule has 0 aromatic carbocycles. The Morgan fingerprint density at radius 3 is 2.41 bits per heavy atom. The predicted octanol–water partition coefficient (Wildman–Crippen LogP) is -0.0917. The number of hydrogen-bond donors (Lipinski definition) is 3. The molecule has 6 nitrogen and oxygen atoms in total. The second-order valence-electron chi connectivity index (χ2n) is 4.42. The zero-order valence-electron chi connectivity index (χ0n) is 10.2.